The summed E-state index contributed by atoms with van der Waals surface area (Å²) in [4.78, 5) is 7.22. The third-order valence-corrected chi connectivity index (χ3v) is 16.7. The van der Waals surface area contributed by atoms with Gasteiger partial charge in [-0.15, -0.1) is 22.7 Å². The molecule has 0 radical (unpaired) electrons. The van der Waals surface area contributed by atoms with E-state index in [2.05, 4.69) is 300 Å². The van der Waals surface area contributed by atoms with E-state index in [-0.39, 0.29) is 0 Å². The monoisotopic (exact) mass is 993 g/mol. The van der Waals surface area contributed by atoms with E-state index in [9.17, 15) is 0 Å². The van der Waals surface area contributed by atoms with Gasteiger partial charge in [-0.05, 0) is 149 Å². The molecule has 14 rings (SSSR count). The maximum Gasteiger partial charge on any atom is 0.0540 e. The molecule has 2 heterocycles. The van der Waals surface area contributed by atoms with Crippen LogP contribution in [0.25, 0.3) is 73.4 Å². The number of thiophene rings is 2. The van der Waals surface area contributed by atoms with Gasteiger partial charge in [0.05, 0.1) is 22.7 Å². The molecule has 5 heteroatoms. The van der Waals surface area contributed by atoms with Crippen LogP contribution in [0.2, 0.25) is 0 Å². The van der Waals surface area contributed by atoms with Crippen LogP contribution in [0.4, 0.5) is 51.2 Å². The summed E-state index contributed by atoms with van der Waals surface area (Å²) in [5.41, 5.74) is 14.2. The molecule has 0 amide bonds. The van der Waals surface area contributed by atoms with Gasteiger partial charge in [0.2, 0.25) is 0 Å². The quantitative estimate of drug-likeness (QED) is 0.128. The third kappa shape index (κ3) is 8.25. The molecular weight excluding hydrogens is 947 g/mol. The van der Waals surface area contributed by atoms with Crippen LogP contribution in [0.15, 0.2) is 285 Å². The number of hydrogen-bond donors (Lipinski definition) is 0. The van der Waals surface area contributed by atoms with Gasteiger partial charge in [0.1, 0.15) is 0 Å². The number of nitrogens with zero attached hydrogens (tertiary/aromatic N) is 3. The first-order valence-electron chi connectivity index (χ1n) is 25.4. The molecule has 0 atom stereocenters. The molecule has 0 saturated heterocycles. The fourth-order valence-corrected chi connectivity index (χ4v) is 13.0. The molecule has 0 spiro atoms. The van der Waals surface area contributed by atoms with Gasteiger partial charge in [-0.2, -0.15) is 0 Å². The first-order chi connectivity index (χ1) is 37.2. The minimum Gasteiger partial charge on any atom is -0.310 e. The van der Waals surface area contributed by atoms with Crippen LogP contribution >= 0.6 is 22.7 Å². The first-order valence-corrected chi connectivity index (χ1v) is 27.0. The van der Waals surface area contributed by atoms with Gasteiger partial charge < -0.3 is 14.7 Å². The van der Waals surface area contributed by atoms with Gasteiger partial charge in [-0.1, -0.05) is 164 Å². The van der Waals surface area contributed by atoms with Crippen LogP contribution in [0, 0.1) is 0 Å². The molecule has 3 nitrogen and oxygen atoms in total. The average molecular weight is 994 g/mol. The van der Waals surface area contributed by atoms with Crippen molar-refractivity contribution in [1.29, 1.82) is 0 Å². The van der Waals surface area contributed by atoms with Gasteiger partial charge in [0.15, 0.2) is 0 Å². The number of benzene rings is 12. The lowest BCUT2D eigenvalue weighted by molar-refractivity contribution is 1.23. The molecule has 0 aliphatic heterocycles. The summed E-state index contributed by atoms with van der Waals surface area (Å²) < 4.78 is 5.23. The molecule has 75 heavy (non-hydrogen) atoms. The van der Waals surface area contributed by atoms with E-state index in [0.717, 1.165) is 51.2 Å². The summed E-state index contributed by atoms with van der Waals surface area (Å²) in [5.74, 6) is 0. The van der Waals surface area contributed by atoms with Gasteiger partial charge in [-0.25, -0.2) is 0 Å². The molecule has 12 aromatic carbocycles. The molecular formula is C70H47N3S2. The lowest BCUT2D eigenvalue weighted by Crippen LogP contribution is -2.16. The van der Waals surface area contributed by atoms with Crippen molar-refractivity contribution in [3.05, 3.63) is 285 Å². The Morgan fingerprint density at radius 2 is 0.547 bits per heavy atom. The standard InChI is InChI=1S/C70H47N3S2/c1-4-19-53(20-5-1)71(54-21-6-2-7-22-54)58-45-59(47-60(46-58)73(55-23-8-3-9-24-55)66-28-16-18-50-17-10-11-25-61(50)66)72(56-37-31-48(32-38-56)51-35-41-69-64(43-51)62-26-12-14-29-67(62)74-69)57-39-33-49(34-40-57)52-36-42-70-65(44-52)63-27-13-15-30-68(63)75-70/h1-47H. The smallest absolute Gasteiger partial charge is 0.0540 e. The summed E-state index contributed by atoms with van der Waals surface area (Å²) in [7, 11) is 0. The van der Waals surface area contributed by atoms with Gasteiger partial charge in [0.25, 0.3) is 0 Å². The number of para-hydroxylation sites is 3. The molecule has 14 aromatic rings. The van der Waals surface area contributed by atoms with Crippen LogP contribution < -0.4 is 14.7 Å². The normalized spacial score (nSPS) is 11.5. The van der Waals surface area contributed by atoms with Crippen molar-refractivity contribution in [2.45, 2.75) is 0 Å². The lowest BCUT2D eigenvalue weighted by Gasteiger charge is -2.33. The first kappa shape index (κ1) is 44.4. The van der Waals surface area contributed by atoms with Crippen LogP contribution in [-0.4, -0.2) is 0 Å². The predicted octanol–water partition coefficient (Wildman–Crippen LogP) is 21.3. The summed E-state index contributed by atoms with van der Waals surface area (Å²) in [6.07, 6.45) is 0. The van der Waals surface area contributed by atoms with E-state index >= 15 is 0 Å². The fourth-order valence-electron chi connectivity index (χ4n) is 10.8. The molecule has 0 aliphatic carbocycles. The van der Waals surface area contributed by atoms with E-state index in [1.165, 1.54) is 73.4 Å². The molecule has 0 bridgehead atoms. The molecule has 0 saturated carbocycles. The second kappa shape index (κ2) is 19.0. The third-order valence-electron chi connectivity index (χ3n) is 14.4. The Bertz CT molecular complexity index is 4150. The van der Waals surface area contributed by atoms with Crippen LogP contribution in [0.5, 0.6) is 0 Å². The Kier molecular flexibility index (Phi) is 11.2. The van der Waals surface area contributed by atoms with E-state index in [1.54, 1.807) is 0 Å². The number of rotatable bonds is 11. The van der Waals surface area contributed by atoms with Crippen LogP contribution in [-0.2, 0) is 0 Å². The van der Waals surface area contributed by atoms with Crippen molar-refractivity contribution >= 4 is 125 Å². The maximum atomic E-state index is 2.42. The molecule has 0 fully saturated rings. The average Bonchev–Trinajstić information content (AvgIpc) is 4.05. The van der Waals surface area contributed by atoms with E-state index < -0.39 is 0 Å². The fraction of sp³-hybridized carbons (Fsp3) is 0. The number of anilines is 9. The highest BCUT2D eigenvalue weighted by atomic mass is 32.1. The van der Waals surface area contributed by atoms with E-state index in [4.69, 9.17) is 0 Å². The molecule has 0 aliphatic rings. The zero-order chi connectivity index (χ0) is 49.7. The Labute approximate surface area is 444 Å². The Hall–Kier alpha value is -9.26. The SMILES string of the molecule is c1ccc(N(c2ccccc2)c2cc(N(c3ccc(-c4ccc5sc6ccccc6c5c4)cc3)c3ccc(-c4ccc5sc6ccccc6c5c4)cc3)cc(N(c3ccccc3)c3cccc4ccccc34)c2)cc1. The van der Waals surface area contributed by atoms with Crippen molar-refractivity contribution in [3.8, 4) is 22.3 Å². The highest BCUT2D eigenvalue weighted by Gasteiger charge is 2.24. The van der Waals surface area contributed by atoms with Crippen LogP contribution in [0.1, 0.15) is 0 Å². The summed E-state index contributed by atoms with van der Waals surface area (Å²) >= 11 is 3.71. The molecule has 2 aromatic heterocycles. The Morgan fingerprint density at radius 1 is 0.200 bits per heavy atom. The second-order valence-corrected chi connectivity index (χ2v) is 21.1. The maximum absolute atomic E-state index is 2.42. The van der Waals surface area contributed by atoms with Gasteiger partial charge in [0, 0.05) is 74.2 Å². The zero-order valence-corrected chi connectivity index (χ0v) is 42.4. The van der Waals surface area contributed by atoms with Gasteiger partial charge >= 0.3 is 0 Å². The number of hydrogen-bond acceptors (Lipinski definition) is 5. The largest absolute Gasteiger partial charge is 0.310 e. The van der Waals surface area contributed by atoms with Crippen LogP contribution in [0.3, 0.4) is 0 Å². The minimum absolute atomic E-state index is 1.01. The van der Waals surface area contributed by atoms with Crippen molar-refractivity contribution in [3.63, 3.8) is 0 Å². The second-order valence-electron chi connectivity index (χ2n) is 18.9. The van der Waals surface area contributed by atoms with E-state index in [1.807, 2.05) is 22.7 Å². The van der Waals surface area contributed by atoms with Gasteiger partial charge in [-0.3, -0.25) is 0 Å². The summed E-state index contributed by atoms with van der Waals surface area (Å²) in [6.45, 7) is 0. The van der Waals surface area contributed by atoms with Crippen molar-refractivity contribution < 1.29 is 0 Å². The predicted molar refractivity (Wildman–Crippen MR) is 325 cm³/mol. The Balaban J connectivity index is 0.981. The number of fused-ring (bicyclic) bond motifs is 7. The minimum atomic E-state index is 1.01. The topological polar surface area (TPSA) is 9.72 Å². The highest BCUT2D eigenvalue weighted by molar-refractivity contribution is 7.26. The Morgan fingerprint density at radius 3 is 1.03 bits per heavy atom. The van der Waals surface area contributed by atoms with E-state index in [0.29, 0.717) is 0 Å². The molecule has 0 N–H and O–H groups in total. The van der Waals surface area contributed by atoms with Crippen molar-refractivity contribution in [1.82, 2.24) is 0 Å². The lowest BCUT2D eigenvalue weighted by atomic mass is 10.0. The highest BCUT2D eigenvalue weighted by Crippen LogP contribution is 2.48. The zero-order valence-electron chi connectivity index (χ0n) is 40.8. The molecule has 354 valence electrons. The summed E-state index contributed by atoms with van der Waals surface area (Å²) in [6, 6.07) is 104. The summed E-state index contributed by atoms with van der Waals surface area (Å²) in [5, 5.41) is 7.55. The van der Waals surface area contributed by atoms with Crippen molar-refractivity contribution in [2.75, 3.05) is 14.7 Å². The van der Waals surface area contributed by atoms with Crippen molar-refractivity contribution in [2.24, 2.45) is 0 Å². The molecule has 0 unspecified atom stereocenters.